The number of hydrogen-bond donors (Lipinski definition) is 0. The van der Waals surface area contributed by atoms with E-state index >= 15 is 0 Å². The monoisotopic (exact) mass is 383 g/mol. The third-order valence-corrected chi connectivity index (χ3v) is 5.92. The Bertz CT molecular complexity index is 548. The number of rotatable bonds is 3. The van der Waals surface area contributed by atoms with Gasteiger partial charge in [0.2, 0.25) is 5.91 Å². The van der Waals surface area contributed by atoms with Gasteiger partial charge in [0, 0.05) is 28.5 Å². The molecule has 1 amide bonds. The Morgan fingerprint density at radius 3 is 2.86 bits per heavy atom. The lowest BCUT2D eigenvalue weighted by Gasteiger charge is -2.39. The highest BCUT2D eigenvalue weighted by Crippen LogP contribution is 2.33. The van der Waals surface area contributed by atoms with E-state index in [1.165, 1.54) is 31.2 Å². The average molecular weight is 385 g/mol. The summed E-state index contributed by atoms with van der Waals surface area (Å²) in [6.07, 6.45) is 8.82. The molecule has 1 aliphatic carbocycles. The molecular formula is C18H23BrClNO. The Labute approximate surface area is 146 Å². The van der Waals surface area contributed by atoms with Gasteiger partial charge in [0.1, 0.15) is 0 Å². The van der Waals surface area contributed by atoms with Crippen LogP contribution in [0.3, 0.4) is 0 Å². The molecule has 0 bridgehead atoms. The second kappa shape index (κ2) is 7.35. The Kier molecular flexibility index (Phi) is 5.46. The number of hydrogen-bond acceptors (Lipinski definition) is 1. The predicted molar refractivity (Wildman–Crippen MR) is 94.2 cm³/mol. The zero-order chi connectivity index (χ0) is 15.5. The summed E-state index contributed by atoms with van der Waals surface area (Å²) in [5.41, 5.74) is 1.24. The summed E-state index contributed by atoms with van der Waals surface area (Å²) < 4.78 is 1.03. The maximum Gasteiger partial charge on any atom is 0.222 e. The van der Waals surface area contributed by atoms with Crippen molar-refractivity contribution in [2.24, 2.45) is 5.92 Å². The number of amides is 1. The maximum atomic E-state index is 12.1. The van der Waals surface area contributed by atoms with Crippen molar-refractivity contribution in [3.8, 4) is 0 Å². The summed E-state index contributed by atoms with van der Waals surface area (Å²) in [5.74, 6) is 1.02. The number of benzene rings is 1. The standard InChI is InChI=1S/C18H23BrClNO/c19-15-8-7-14(17(20)12-15)10-13-4-3-5-16(11-13)21-9-2-1-6-18(21)22/h7-8,12-13,16H,1-6,9-11H2. The van der Waals surface area contributed by atoms with E-state index in [1.54, 1.807) is 0 Å². The molecule has 120 valence electrons. The number of carbonyl (C=O) groups is 1. The van der Waals surface area contributed by atoms with E-state index < -0.39 is 0 Å². The summed E-state index contributed by atoms with van der Waals surface area (Å²) in [5, 5.41) is 0.852. The van der Waals surface area contributed by atoms with E-state index in [0.717, 1.165) is 41.7 Å². The van der Waals surface area contributed by atoms with Crippen LogP contribution in [-0.4, -0.2) is 23.4 Å². The van der Waals surface area contributed by atoms with E-state index in [4.69, 9.17) is 11.6 Å². The molecule has 4 heteroatoms. The van der Waals surface area contributed by atoms with E-state index in [0.29, 0.717) is 17.9 Å². The van der Waals surface area contributed by atoms with Crippen LogP contribution >= 0.6 is 27.5 Å². The quantitative estimate of drug-likeness (QED) is 0.700. The molecule has 1 aromatic rings. The molecule has 22 heavy (non-hydrogen) atoms. The summed E-state index contributed by atoms with van der Waals surface area (Å²) in [6, 6.07) is 6.63. The highest BCUT2D eigenvalue weighted by atomic mass is 79.9. The van der Waals surface area contributed by atoms with Crippen LogP contribution in [0, 0.1) is 5.92 Å². The Morgan fingerprint density at radius 2 is 2.09 bits per heavy atom. The molecule has 2 atom stereocenters. The minimum Gasteiger partial charge on any atom is -0.340 e. The highest BCUT2D eigenvalue weighted by molar-refractivity contribution is 9.10. The molecule has 1 aromatic carbocycles. The molecule has 0 N–H and O–H groups in total. The first-order valence-corrected chi connectivity index (χ1v) is 9.54. The van der Waals surface area contributed by atoms with Crippen LogP contribution in [0.1, 0.15) is 50.5 Å². The van der Waals surface area contributed by atoms with Crippen molar-refractivity contribution in [1.82, 2.24) is 4.90 Å². The normalized spacial score (nSPS) is 26.3. The molecule has 1 heterocycles. The summed E-state index contributed by atoms with van der Waals surface area (Å²) in [6.45, 7) is 0.968. The van der Waals surface area contributed by atoms with E-state index in [-0.39, 0.29) is 0 Å². The first-order chi connectivity index (χ1) is 10.6. The first-order valence-electron chi connectivity index (χ1n) is 8.37. The zero-order valence-electron chi connectivity index (χ0n) is 12.9. The lowest BCUT2D eigenvalue weighted by molar-refractivity contribution is -0.136. The molecule has 1 aliphatic heterocycles. The lowest BCUT2D eigenvalue weighted by Crippen LogP contribution is -2.45. The van der Waals surface area contributed by atoms with Gasteiger partial charge in [0.05, 0.1) is 0 Å². The number of halogens is 2. The minimum atomic E-state index is 0.374. The fourth-order valence-electron chi connectivity index (χ4n) is 3.94. The second-order valence-electron chi connectivity index (χ2n) is 6.67. The van der Waals surface area contributed by atoms with Gasteiger partial charge in [0.15, 0.2) is 0 Å². The van der Waals surface area contributed by atoms with Crippen LogP contribution in [0.5, 0.6) is 0 Å². The SMILES string of the molecule is O=C1CCCCN1C1CCCC(Cc2ccc(Br)cc2Cl)C1. The Hall–Kier alpha value is -0.540. The average Bonchev–Trinajstić information content (AvgIpc) is 2.51. The largest absolute Gasteiger partial charge is 0.340 e. The molecule has 3 rings (SSSR count). The third-order valence-electron chi connectivity index (χ3n) is 5.08. The first kappa shape index (κ1) is 16.3. The van der Waals surface area contributed by atoms with Gasteiger partial charge >= 0.3 is 0 Å². The van der Waals surface area contributed by atoms with Gasteiger partial charge in [-0.25, -0.2) is 0 Å². The van der Waals surface area contributed by atoms with E-state index in [1.807, 2.05) is 6.07 Å². The van der Waals surface area contributed by atoms with Crippen molar-refractivity contribution in [2.45, 2.75) is 57.4 Å². The van der Waals surface area contributed by atoms with Gasteiger partial charge in [-0.2, -0.15) is 0 Å². The van der Waals surface area contributed by atoms with Crippen LogP contribution < -0.4 is 0 Å². The van der Waals surface area contributed by atoms with Gasteiger partial charge in [0.25, 0.3) is 0 Å². The van der Waals surface area contributed by atoms with Crippen molar-refractivity contribution < 1.29 is 4.79 Å². The summed E-state index contributed by atoms with van der Waals surface area (Å²) >= 11 is 9.82. The number of nitrogens with zero attached hydrogens (tertiary/aromatic N) is 1. The lowest BCUT2D eigenvalue weighted by atomic mass is 9.81. The van der Waals surface area contributed by atoms with Crippen molar-refractivity contribution in [2.75, 3.05) is 6.54 Å². The van der Waals surface area contributed by atoms with Crippen molar-refractivity contribution in [1.29, 1.82) is 0 Å². The minimum absolute atomic E-state index is 0.374. The van der Waals surface area contributed by atoms with Gasteiger partial charge < -0.3 is 4.90 Å². The Morgan fingerprint density at radius 1 is 1.23 bits per heavy atom. The van der Waals surface area contributed by atoms with Gasteiger partial charge in [-0.1, -0.05) is 40.0 Å². The molecular weight excluding hydrogens is 362 g/mol. The molecule has 0 aromatic heterocycles. The molecule has 1 saturated heterocycles. The third kappa shape index (κ3) is 3.86. The molecule has 0 radical (unpaired) electrons. The number of piperidine rings is 1. The molecule has 0 spiro atoms. The summed E-state index contributed by atoms with van der Waals surface area (Å²) in [7, 11) is 0. The Balaban J connectivity index is 1.64. The van der Waals surface area contributed by atoms with Crippen LogP contribution in [0.4, 0.5) is 0 Å². The molecule has 2 nitrogen and oxygen atoms in total. The fourth-order valence-corrected chi connectivity index (χ4v) is 4.69. The maximum absolute atomic E-state index is 12.1. The fraction of sp³-hybridized carbons (Fsp3) is 0.611. The van der Waals surface area contributed by atoms with Gasteiger partial charge in [-0.05, 0) is 62.1 Å². The van der Waals surface area contributed by atoms with Crippen molar-refractivity contribution in [3.05, 3.63) is 33.3 Å². The van der Waals surface area contributed by atoms with Crippen LogP contribution in [0.15, 0.2) is 22.7 Å². The van der Waals surface area contributed by atoms with Gasteiger partial charge in [-0.3, -0.25) is 4.79 Å². The van der Waals surface area contributed by atoms with E-state index in [2.05, 4.69) is 33.0 Å². The van der Waals surface area contributed by atoms with Crippen molar-refractivity contribution >= 4 is 33.4 Å². The van der Waals surface area contributed by atoms with Gasteiger partial charge in [-0.15, -0.1) is 0 Å². The van der Waals surface area contributed by atoms with Crippen LogP contribution in [0.25, 0.3) is 0 Å². The van der Waals surface area contributed by atoms with Crippen LogP contribution in [0.2, 0.25) is 5.02 Å². The second-order valence-corrected chi connectivity index (χ2v) is 7.99. The van der Waals surface area contributed by atoms with Crippen molar-refractivity contribution in [3.63, 3.8) is 0 Å². The van der Waals surface area contributed by atoms with E-state index in [9.17, 15) is 4.79 Å². The topological polar surface area (TPSA) is 20.3 Å². The molecule has 1 saturated carbocycles. The number of likely N-dealkylation sites (tertiary alicyclic amines) is 1. The molecule has 2 unspecified atom stereocenters. The zero-order valence-corrected chi connectivity index (χ0v) is 15.2. The number of carbonyl (C=O) groups excluding carboxylic acids is 1. The highest BCUT2D eigenvalue weighted by Gasteiger charge is 2.31. The molecule has 2 aliphatic rings. The summed E-state index contributed by atoms with van der Waals surface area (Å²) in [4.78, 5) is 14.3. The predicted octanol–water partition coefficient (Wildman–Crippen LogP) is 5.22. The smallest absolute Gasteiger partial charge is 0.222 e. The molecule has 2 fully saturated rings. The van der Waals surface area contributed by atoms with Crippen LogP contribution in [-0.2, 0) is 11.2 Å².